The first-order chi connectivity index (χ1) is 11.5. The van der Waals surface area contributed by atoms with Gasteiger partial charge < -0.3 is 0 Å². The fraction of sp³-hybridized carbons (Fsp3) is 0.619. The molecule has 2 fully saturated rings. The van der Waals surface area contributed by atoms with Crippen molar-refractivity contribution in [2.45, 2.75) is 64.2 Å². The maximum Gasteiger partial charge on any atom is 0.194 e. The molecule has 132 valence electrons. The van der Waals surface area contributed by atoms with Crippen LogP contribution in [0.15, 0.2) is 24.3 Å². The quantitative estimate of drug-likeness (QED) is 0.422. The van der Waals surface area contributed by atoms with Crippen molar-refractivity contribution in [1.82, 2.24) is 0 Å². The molecule has 0 radical (unpaired) electrons. The molecule has 0 atom stereocenters. The van der Waals surface area contributed by atoms with Gasteiger partial charge in [0.05, 0.1) is 0 Å². The smallest absolute Gasteiger partial charge is 0.194 e. The van der Waals surface area contributed by atoms with Crippen molar-refractivity contribution < 1.29 is 13.2 Å². The zero-order chi connectivity index (χ0) is 17.3. The molecule has 3 rings (SSSR count). The fourth-order valence-corrected chi connectivity index (χ4v) is 4.57. The summed E-state index contributed by atoms with van der Waals surface area (Å²) in [6.07, 6.45) is 8.96. The van der Waals surface area contributed by atoms with Crippen molar-refractivity contribution in [3.05, 3.63) is 47.3 Å². The standard InChI is InChI=1S/C21H27F3/c1-13-3-5-15(6-4-13)14(2)16-7-9-17(10-8-16)18-11-19(22)21(24)20(23)12-18/h11-13,15-17H,2-10H2,1H3. The van der Waals surface area contributed by atoms with Crippen LogP contribution in [0.3, 0.4) is 0 Å². The molecule has 24 heavy (non-hydrogen) atoms. The normalized spacial score (nSPS) is 31.0. The van der Waals surface area contributed by atoms with Crippen LogP contribution >= 0.6 is 0 Å². The van der Waals surface area contributed by atoms with Crippen LogP contribution in [0.25, 0.3) is 0 Å². The Balaban J connectivity index is 1.58. The van der Waals surface area contributed by atoms with Gasteiger partial charge in [-0.2, -0.15) is 0 Å². The Hall–Kier alpha value is -1.25. The summed E-state index contributed by atoms with van der Waals surface area (Å²) in [5.74, 6) is -1.36. The molecule has 0 bridgehead atoms. The Morgan fingerprint density at radius 1 is 0.833 bits per heavy atom. The second-order valence-corrected chi connectivity index (χ2v) is 7.88. The number of hydrogen-bond acceptors (Lipinski definition) is 0. The number of halogens is 3. The van der Waals surface area contributed by atoms with E-state index in [1.54, 1.807) is 0 Å². The molecule has 3 heteroatoms. The predicted molar refractivity (Wildman–Crippen MR) is 91.3 cm³/mol. The molecule has 0 amide bonds. The first-order valence-electron chi connectivity index (χ1n) is 9.28. The van der Waals surface area contributed by atoms with Gasteiger partial charge in [0.2, 0.25) is 0 Å². The monoisotopic (exact) mass is 336 g/mol. The van der Waals surface area contributed by atoms with Gasteiger partial charge in [0.15, 0.2) is 17.5 Å². The van der Waals surface area contributed by atoms with Crippen LogP contribution in [0.2, 0.25) is 0 Å². The van der Waals surface area contributed by atoms with E-state index in [9.17, 15) is 13.2 Å². The molecule has 0 heterocycles. The molecule has 0 nitrogen and oxygen atoms in total. The van der Waals surface area contributed by atoms with E-state index >= 15 is 0 Å². The SMILES string of the molecule is C=C(C1CCC(C)CC1)C1CCC(c2cc(F)c(F)c(F)c2)CC1. The van der Waals surface area contributed by atoms with Crippen molar-refractivity contribution >= 4 is 0 Å². The highest BCUT2D eigenvalue weighted by molar-refractivity contribution is 5.24. The highest BCUT2D eigenvalue weighted by Crippen LogP contribution is 2.43. The molecular weight excluding hydrogens is 309 g/mol. The minimum Gasteiger partial charge on any atom is -0.204 e. The zero-order valence-corrected chi connectivity index (χ0v) is 14.5. The summed E-state index contributed by atoms with van der Waals surface area (Å²) in [4.78, 5) is 0. The van der Waals surface area contributed by atoms with Crippen LogP contribution < -0.4 is 0 Å². The summed E-state index contributed by atoms with van der Waals surface area (Å²) < 4.78 is 40.0. The van der Waals surface area contributed by atoms with Crippen molar-refractivity contribution in [1.29, 1.82) is 0 Å². The lowest BCUT2D eigenvalue weighted by molar-refractivity contribution is 0.278. The van der Waals surface area contributed by atoms with Gasteiger partial charge in [-0.25, -0.2) is 13.2 Å². The Kier molecular flexibility index (Phi) is 5.36. The summed E-state index contributed by atoms with van der Waals surface area (Å²) >= 11 is 0. The van der Waals surface area contributed by atoms with Crippen LogP contribution in [-0.4, -0.2) is 0 Å². The Labute approximate surface area is 143 Å². The maximum atomic E-state index is 13.4. The Bertz CT molecular complexity index is 568. The van der Waals surface area contributed by atoms with Gasteiger partial charge >= 0.3 is 0 Å². The Morgan fingerprint density at radius 3 is 1.79 bits per heavy atom. The number of rotatable bonds is 3. The molecule has 0 aliphatic heterocycles. The van der Waals surface area contributed by atoms with Crippen molar-refractivity contribution in [2.75, 3.05) is 0 Å². The van der Waals surface area contributed by atoms with Gasteiger partial charge in [0, 0.05) is 0 Å². The third-order valence-electron chi connectivity index (χ3n) is 6.27. The minimum absolute atomic E-state index is 0.130. The van der Waals surface area contributed by atoms with E-state index in [0.29, 0.717) is 17.4 Å². The first-order valence-corrected chi connectivity index (χ1v) is 9.28. The van der Waals surface area contributed by atoms with Gasteiger partial charge in [-0.3, -0.25) is 0 Å². The van der Waals surface area contributed by atoms with E-state index in [4.69, 9.17) is 0 Å². The van der Waals surface area contributed by atoms with Crippen LogP contribution in [0.4, 0.5) is 13.2 Å². The van der Waals surface area contributed by atoms with Gasteiger partial charge in [-0.1, -0.05) is 31.9 Å². The van der Waals surface area contributed by atoms with E-state index in [1.807, 2.05) is 0 Å². The molecule has 0 N–H and O–H groups in total. The highest BCUT2D eigenvalue weighted by Gasteiger charge is 2.29. The molecular formula is C21H27F3. The minimum atomic E-state index is -1.37. The molecule has 0 saturated heterocycles. The van der Waals surface area contributed by atoms with Gasteiger partial charge in [0.25, 0.3) is 0 Å². The summed E-state index contributed by atoms with van der Waals surface area (Å²) in [6, 6.07) is 2.33. The van der Waals surface area contributed by atoms with E-state index in [0.717, 1.165) is 31.6 Å². The van der Waals surface area contributed by atoms with Crippen LogP contribution in [0.5, 0.6) is 0 Å². The van der Waals surface area contributed by atoms with E-state index in [-0.39, 0.29) is 5.92 Å². The van der Waals surface area contributed by atoms with Gasteiger partial charge in [-0.05, 0) is 79.9 Å². The molecule has 0 aromatic heterocycles. The molecule has 2 aliphatic carbocycles. The number of allylic oxidation sites excluding steroid dienone is 1. The summed E-state index contributed by atoms with van der Waals surface area (Å²) in [5.41, 5.74) is 2.00. The predicted octanol–water partition coefficient (Wildman–Crippen LogP) is 6.76. The molecule has 0 spiro atoms. The van der Waals surface area contributed by atoms with Crippen LogP contribution in [-0.2, 0) is 0 Å². The third kappa shape index (κ3) is 3.70. The van der Waals surface area contributed by atoms with Crippen molar-refractivity contribution in [3.8, 4) is 0 Å². The van der Waals surface area contributed by atoms with Crippen molar-refractivity contribution in [3.63, 3.8) is 0 Å². The average Bonchev–Trinajstić information content (AvgIpc) is 2.59. The van der Waals surface area contributed by atoms with Gasteiger partial charge in [0.1, 0.15) is 0 Å². The van der Waals surface area contributed by atoms with E-state index < -0.39 is 17.5 Å². The second kappa shape index (κ2) is 7.33. The average molecular weight is 336 g/mol. The van der Waals surface area contributed by atoms with Crippen LogP contribution in [0.1, 0.15) is 69.8 Å². The summed E-state index contributed by atoms with van der Waals surface area (Å²) in [5, 5.41) is 0. The number of benzene rings is 1. The lowest BCUT2D eigenvalue weighted by atomic mass is 9.70. The largest absolute Gasteiger partial charge is 0.204 e. The lowest BCUT2D eigenvalue weighted by Crippen LogP contribution is -2.22. The van der Waals surface area contributed by atoms with E-state index in [1.165, 1.54) is 43.4 Å². The number of hydrogen-bond donors (Lipinski definition) is 0. The van der Waals surface area contributed by atoms with Crippen LogP contribution in [0, 0.1) is 35.2 Å². The molecule has 0 unspecified atom stereocenters. The van der Waals surface area contributed by atoms with Crippen molar-refractivity contribution in [2.24, 2.45) is 17.8 Å². The zero-order valence-electron chi connectivity index (χ0n) is 14.5. The Morgan fingerprint density at radius 2 is 1.29 bits per heavy atom. The highest BCUT2D eigenvalue weighted by atomic mass is 19.2. The van der Waals surface area contributed by atoms with E-state index in [2.05, 4.69) is 13.5 Å². The second-order valence-electron chi connectivity index (χ2n) is 7.88. The summed E-state index contributed by atoms with van der Waals surface area (Å²) in [6.45, 7) is 6.72. The topological polar surface area (TPSA) is 0 Å². The third-order valence-corrected chi connectivity index (χ3v) is 6.27. The molecule has 2 saturated carbocycles. The summed E-state index contributed by atoms with van der Waals surface area (Å²) in [7, 11) is 0. The molecule has 1 aromatic rings. The fourth-order valence-electron chi connectivity index (χ4n) is 4.57. The lowest BCUT2D eigenvalue weighted by Gasteiger charge is -2.35. The van der Waals surface area contributed by atoms with Gasteiger partial charge in [-0.15, -0.1) is 0 Å². The maximum absolute atomic E-state index is 13.4. The molecule has 2 aliphatic rings. The molecule has 1 aromatic carbocycles. The first kappa shape index (κ1) is 17.6.